The molecule has 1 N–H and O–H groups in total. The monoisotopic (exact) mass is 325 g/mol. The van der Waals surface area contributed by atoms with Crippen LogP contribution < -0.4 is 5.32 Å². The zero-order valence-electron chi connectivity index (χ0n) is 10.6. The van der Waals surface area contributed by atoms with E-state index in [1.165, 1.54) is 0 Å². The van der Waals surface area contributed by atoms with Gasteiger partial charge in [0, 0.05) is 32.8 Å². The maximum Gasteiger partial charge on any atom is 0.225 e. The third-order valence-corrected chi connectivity index (χ3v) is 4.06. The number of carbonyl (C=O) groups excluding carboxylic acids is 1. The minimum Gasteiger partial charge on any atom is -0.326 e. The Labute approximate surface area is 132 Å². The van der Waals surface area contributed by atoms with E-state index >= 15 is 0 Å². The molecule has 2 aromatic rings. The molecule has 2 aromatic carbocycles. The Morgan fingerprint density at radius 2 is 1.50 bits per heavy atom. The molecule has 0 spiro atoms. The molecule has 0 saturated heterocycles. The first-order valence-electron chi connectivity index (χ1n) is 6.07. The first-order chi connectivity index (χ1) is 9.63. The van der Waals surface area contributed by atoms with Gasteiger partial charge in [-0.1, -0.05) is 23.2 Å². The van der Waals surface area contributed by atoms with Crippen LogP contribution >= 0.6 is 35.0 Å². The number of benzene rings is 2. The number of amides is 1. The van der Waals surface area contributed by atoms with E-state index in [1.807, 2.05) is 24.3 Å². The SMILES string of the molecule is O=C(CCSc1ccc(Cl)cc1)Nc1ccc(Cl)cc1. The van der Waals surface area contributed by atoms with Crippen LogP contribution in [0.2, 0.25) is 10.0 Å². The highest BCUT2D eigenvalue weighted by molar-refractivity contribution is 7.99. The standard InChI is InChI=1S/C15H13Cl2NOS/c16-11-1-5-13(6-2-11)18-15(19)9-10-20-14-7-3-12(17)4-8-14/h1-8H,9-10H2,(H,18,19). The van der Waals surface area contributed by atoms with Crippen LogP contribution in [-0.4, -0.2) is 11.7 Å². The molecule has 2 nitrogen and oxygen atoms in total. The fraction of sp³-hybridized carbons (Fsp3) is 0.133. The van der Waals surface area contributed by atoms with Crippen LogP contribution in [0.15, 0.2) is 53.4 Å². The number of hydrogen-bond donors (Lipinski definition) is 1. The average molecular weight is 326 g/mol. The van der Waals surface area contributed by atoms with Gasteiger partial charge in [0.05, 0.1) is 0 Å². The Morgan fingerprint density at radius 1 is 0.950 bits per heavy atom. The Kier molecular flexibility index (Phi) is 5.77. The van der Waals surface area contributed by atoms with E-state index in [1.54, 1.807) is 36.0 Å². The van der Waals surface area contributed by atoms with Gasteiger partial charge in [-0.05, 0) is 48.5 Å². The highest BCUT2D eigenvalue weighted by Crippen LogP contribution is 2.21. The molecular formula is C15H13Cl2NOS. The molecule has 0 saturated carbocycles. The van der Waals surface area contributed by atoms with Crippen molar-refractivity contribution in [1.82, 2.24) is 0 Å². The fourth-order valence-corrected chi connectivity index (χ4v) is 2.65. The van der Waals surface area contributed by atoms with E-state index in [0.29, 0.717) is 11.4 Å². The van der Waals surface area contributed by atoms with E-state index in [2.05, 4.69) is 5.32 Å². The molecule has 0 aliphatic carbocycles. The van der Waals surface area contributed by atoms with Crippen molar-refractivity contribution >= 4 is 46.6 Å². The van der Waals surface area contributed by atoms with E-state index in [-0.39, 0.29) is 5.91 Å². The van der Waals surface area contributed by atoms with Crippen molar-refractivity contribution in [2.24, 2.45) is 0 Å². The van der Waals surface area contributed by atoms with Crippen molar-refractivity contribution in [2.75, 3.05) is 11.1 Å². The number of thioether (sulfide) groups is 1. The van der Waals surface area contributed by atoms with Gasteiger partial charge >= 0.3 is 0 Å². The highest BCUT2D eigenvalue weighted by Gasteiger charge is 2.03. The summed E-state index contributed by atoms with van der Waals surface area (Å²) in [6.07, 6.45) is 0.454. The first kappa shape index (κ1) is 15.2. The largest absolute Gasteiger partial charge is 0.326 e. The van der Waals surface area contributed by atoms with Crippen LogP contribution in [0.5, 0.6) is 0 Å². The van der Waals surface area contributed by atoms with Crippen molar-refractivity contribution in [2.45, 2.75) is 11.3 Å². The molecule has 0 fully saturated rings. The lowest BCUT2D eigenvalue weighted by molar-refractivity contribution is -0.115. The average Bonchev–Trinajstić information content (AvgIpc) is 2.44. The molecule has 0 heterocycles. The molecule has 1 amide bonds. The molecule has 0 bridgehead atoms. The Balaban J connectivity index is 1.75. The Morgan fingerprint density at radius 3 is 2.10 bits per heavy atom. The van der Waals surface area contributed by atoms with Crippen molar-refractivity contribution in [1.29, 1.82) is 0 Å². The molecule has 0 unspecified atom stereocenters. The van der Waals surface area contributed by atoms with Crippen molar-refractivity contribution < 1.29 is 4.79 Å². The van der Waals surface area contributed by atoms with Gasteiger partial charge in [0.1, 0.15) is 0 Å². The van der Waals surface area contributed by atoms with Gasteiger partial charge in [-0.25, -0.2) is 0 Å². The molecule has 0 aliphatic heterocycles. The molecule has 20 heavy (non-hydrogen) atoms. The summed E-state index contributed by atoms with van der Waals surface area (Å²) in [6, 6.07) is 14.7. The lowest BCUT2D eigenvalue weighted by Crippen LogP contribution is -2.11. The zero-order valence-corrected chi connectivity index (χ0v) is 12.9. The Hall–Kier alpha value is -1.16. The van der Waals surface area contributed by atoms with E-state index in [9.17, 15) is 4.79 Å². The minimum atomic E-state index is -0.00575. The number of rotatable bonds is 5. The van der Waals surface area contributed by atoms with Gasteiger partial charge in [-0.3, -0.25) is 4.79 Å². The smallest absolute Gasteiger partial charge is 0.225 e. The van der Waals surface area contributed by atoms with Gasteiger partial charge in [0.15, 0.2) is 0 Å². The third kappa shape index (κ3) is 5.08. The molecule has 0 atom stereocenters. The highest BCUT2D eigenvalue weighted by atomic mass is 35.5. The number of halogens is 2. The van der Waals surface area contributed by atoms with Crippen LogP contribution in [0.4, 0.5) is 5.69 Å². The van der Waals surface area contributed by atoms with Crippen LogP contribution in [0.25, 0.3) is 0 Å². The van der Waals surface area contributed by atoms with Crippen molar-refractivity contribution in [3.63, 3.8) is 0 Å². The van der Waals surface area contributed by atoms with Gasteiger partial charge in [-0.15, -0.1) is 11.8 Å². The number of carbonyl (C=O) groups is 1. The predicted octanol–water partition coefficient (Wildman–Crippen LogP) is 5.11. The second kappa shape index (κ2) is 7.58. The maximum absolute atomic E-state index is 11.8. The van der Waals surface area contributed by atoms with Gasteiger partial charge in [0.2, 0.25) is 5.91 Å². The van der Waals surface area contributed by atoms with Gasteiger partial charge < -0.3 is 5.32 Å². The normalized spacial score (nSPS) is 10.3. The lowest BCUT2D eigenvalue weighted by Gasteiger charge is -2.05. The van der Waals surface area contributed by atoms with Crippen molar-refractivity contribution in [3.8, 4) is 0 Å². The molecule has 0 radical (unpaired) electrons. The van der Waals surface area contributed by atoms with Gasteiger partial charge in [-0.2, -0.15) is 0 Å². The lowest BCUT2D eigenvalue weighted by atomic mass is 10.3. The summed E-state index contributed by atoms with van der Waals surface area (Å²) in [5.74, 6) is 0.718. The molecular weight excluding hydrogens is 313 g/mol. The van der Waals surface area contributed by atoms with Crippen LogP contribution in [0, 0.1) is 0 Å². The quantitative estimate of drug-likeness (QED) is 0.773. The van der Waals surface area contributed by atoms with Crippen LogP contribution in [0.1, 0.15) is 6.42 Å². The van der Waals surface area contributed by atoms with Gasteiger partial charge in [0.25, 0.3) is 0 Å². The van der Waals surface area contributed by atoms with E-state index < -0.39 is 0 Å². The second-order valence-electron chi connectivity index (χ2n) is 4.11. The minimum absolute atomic E-state index is 0.00575. The van der Waals surface area contributed by atoms with E-state index in [0.717, 1.165) is 21.4 Å². The molecule has 5 heteroatoms. The summed E-state index contributed by atoms with van der Waals surface area (Å²) >= 11 is 13.2. The van der Waals surface area contributed by atoms with Crippen LogP contribution in [-0.2, 0) is 4.79 Å². The summed E-state index contributed by atoms with van der Waals surface area (Å²) in [6.45, 7) is 0. The summed E-state index contributed by atoms with van der Waals surface area (Å²) in [4.78, 5) is 12.9. The summed E-state index contributed by atoms with van der Waals surface area (Å²) in [7, 11) is 0. The third-order valence-electron chi connectivity index (χ3n) is 2.54. The fourth-order valence-electron chi connectivity index (χ4n) is 1.55. The first-order valence-corrected chi connectivity index (χ1v) is 7.81. The number of anilines is 1. The van der Waals surface area contributed by atoms with Crippen LogP contribution in [0.3, 0.4) is 0 Å². The number of nitrogens with one attached hydrogen (secondary N) is 1. The summed E-state index contributed by atoms with van der Waals surface area (Å²) < 4.78 is 0. The van der Waals surface area contributed by atoms with E-state index in [4.69, 9.17) is 23.2 Å². The summed E-state index contributed by atoms with van der Waals surface area (Å²) in [5.41, 5.74) is 0.760. The topological polar surface area (TPSA) is 29.1 Å². The molecule has 104 valence electrons. The zero-order chi connectivity index (χ0) is 14.4. The molecule has 0 aromatic heterocycles. The molecule has 0 aliphatic rings. The Bertz CT molecular complexity index is 569. The predicted molar refractivity (Wildman–Crippen MR) is 86.9 cm³/mol. The van der Waals surface area contributed by atoms with Crippen molar-refractivity contribution in [3.05, 3.63) is 58.6 Å². The second-order valence-corrected chi connectivity index (χ2v) is 6.15. The maximum atomic E-state index is 11.8. The number of hydrogen-bond acceptors (Lipinski definition) is 2. The summed E-state index contributed by atoms with van der Waals surface area (Å²) in [5, 5.41) is 4.20. The molecule has 2 rings (SSSR count).